The van der Waals surface area contributed by atoms with Gasteiger partial charge < -0.3 is 10.1 Å². The van der Waals surface area contributed by atoms with E-state index >= 15 is 0 Å². The molecule has 16 heavy (non-hydrogen) atoms. The Kier molecular flexibility index (Phi) is 3.61. The third-order valence-electron chi connectivity index (χ3n) is 3.43. The van der Waals surface area contributed by atoms with E-state index in [-0.39, 0.29) is 0 Å². The molecule has 1 fully saturated rings. The zero-order valence-corrected chi connectivity index (χ0v) is 10.4. The lowest BCUT2D eigenvalue weighted by molar-refractivity contribution is 0.0850. The van der Waals surface area contributed by atoms with Crippen LogP contribution in [0.2, 0.25) is 0 Å². The summed E-state index contributed by atoms with van der Waals surface area (Å²) < 4.78 is 7.42. The minimum atomic E-state index is 0.630. The summed E-state index contributed by atoms with van der Waals surface area (Å²) in [7, 11) is 4.00. The molecule has 0 aliphatic carbocycles. The Morgan fingerprint density at radius 2 is 2.12 bits per heavy atom. The van der Waals surface area contributed by atoms with Crippen LogP contribution in [0.3, 0.4) is 0 Å². The lowest BCUT2D eigenvalue weighted by Crippen LogP contribution is -2.17. The van der Waals surface area contributed by atoms with Crippen molar-refractivity contribution in [2.24, 2.45) is 7.05 Å². The van der Waals surface area contributed by atoms with Crippen molar-refractivity contribution in [3.05, 3.63) is 17.0 Å². The van der Waals surface area contributed by atoms with Crippen molar-refractivity contribution in [1.29, 1.82) is 0 Å². The molecule has 1 N–H and O–H groups in total. The van der Waals surface area contributed by atoms with Crippen molar-refractivity contribution in [3.63, 3.8) is 0 Å². The predicted molar refractivity (Wildman–Crippen MR) is 63.5 cm³/mol. The summed E-state index contributed by atoms with van der Waals surface area (Å²) in [6.07, 6.45) is 2.26. The molecular weight excluding hydrogens is 202 g/mol. The Morgan fingerprint density at radius 1 is 1.44 bits per heavy atom. The number of nitrogens with zero attached hydrogens (tertiary/aromatic N) is 2. The summed E-state index contributed by atoms with van der Waals surface area (Å²) in [5.41, 5.74) is 3.95. The van der Waals surface area contributed by atoms with Gasteiger partial charge in [-0.15, -0.1) is 0 Å². The third-order valence-corrected chi connectivity index (χ3v) is 3.43. The quantitative estimate of drug-likeness (QED) is 0.840. The molecule has 0 atom stereocenters. The highest BCUT2D eigenvalue weighted by Gasteiger charge is 2.23. The molecule has 2 rings (SSSR count). The molecule has 1 saturated heterocycles. The topological polar surface area (TPSA) is 39.1 Å². The summed E-state index contributed by atoms with van der Waals surface area (Å²) in [6.45, 7) is 4.79. The molecule has 0 bridgehead atoms. The van der Waals surface area contributed by atoms with E-state index in [1.807, 2.05) is 18.8 Å². The molecule has 0 radical (unpaired) electrons. The fourth-order valence-electron chi connectivity index (χ4n) is 2.51. The molecular formula is C12H21N3O. The van der Waals surface area contributed by atoms with Gasteiger partial charge in [0.2, 0.25) is 0 Å². The second-order valence-electron chi connectivity index (χ2n) is 4.49. The monoisotopic (exact) mass is 223 g/mol. The normalized spacial score (nSPS) is 17.9. The summed E-state index contributed by atoms with van der Waals surface area (Å²) in [5.74, 6) is 0.630. The number of nitrogens with one attached hydrogen (secondary N) is 1. The number of hydrogen-bond acceptors (Lipinski definition) is 3. The maximum atomic E-state index is 5.42. The van der Waals surface area contributed by atoms with E-state index in [2.05, 4.69) is 17.3 Å². The van der Waals surface area contributed by atoms with Crippen molar-refractivity contribution in [2.75, 3.05) is 20.3 Å². The first-order valence-electron chi connectivity index (χ1n) is 5.98. The van der Waals surface area contributed by atoms with Gasteiger partial charge in [-0.1, -0.05) is 0 Å². The number of hydrogen-bond donors (Lipinski definition) is 1. The average molecular weight is 223 g/mol. The minimum Gasteiger partial charge on any atom is -0.381 e. The van der Waals surface area contributed by atoms with E-state index in [0.29, 0.717) is 5.92 Å². The Morgan fingerprint density at radius 3 is 2.75 bits per heavy atom. The number of aryl methyl sites for hydroxylation is 1. The van der Waals surface area contributed by atoms with Crippen LogP contribution in [-0.2, 0) is 18.3 Å². The molecule has 0 amide bonds. The van der Waals surface area contributed by atoms with Crippen LogP contribution in [0.15, 0.2) is 0 Å². The van der Waals surface area contributed by atoms with Gasteiger partial charge in [-0.05, 0) is 32.7 Å². The van der Waals surface area contributed by atoms with Gasteiger partial charge >= 0.3 is 0 Å². The Balaban J connectivity index is 2.28. The Hall–Kier alpha value is -0.870. The first-order chi connectivity index (χ1) is 7.74. The molecule has 0 unspecified atom stereocenters. The third kappa shape index (κ3) is 2.13. The fraction of sp³-hybridized carbons (Fsp3) is 0.750. The van der Waals surface area contributed by atoms with Crippen molar-refractivity contribution >= 4 is 0 Å². The highest BCUT2D eigenvalue weighted by Crippen LogP contribution is 2.31. The van der Waals surface area contributed by atoms with Crippen LogP contribution in [0.25, 0.3) is 0 Å². The summed E-state index contributed by atoms with van der Waals surface area (Å²) in [6, 6.07) is 0. The van der Waals surface area contributed by atoms with Gasteiger partial charge in [0.15, 0.2) is 0 Å². The lowest BCUT2D eigenvalue weighted by atomic mass is 9.90. The lowest BCUT2D eigenvalue weighted by Gasteiger charge is -2.23. The van der Waals surface area contributed by atoms with E-state index in [0.717, 1.165) is 32.6 Å². The van der Waals surface area contributed by atoms with Crippen molar-refractivity contribution in [1.82, 2.24) is 15.1 Å². The number of ether oxygens (including phenoxy) is 1. The van der Waals surface area contributed by atoms with Gasteiger partial charge in [0.05, 0.1) is 5.69 Å². The molecule has 4 heteroatoms. The van der Waals surface area contributed by atoms with Crippen LogP contribution >= 0.6 is 0 Å². The number of rotatable bonds is 3. The predicted octanol–water partition coefficient (Wildman–Crippen LogP) is 1.34. The molecule has 1 aromatic heterocycles. The minimum absolute atomic E-state index is 0.630. The van der Waals surface area contributed by atoms with Crippen LogP contribution in [-0.4, -0.2) is 30.0 Å². The zero-order valence-electron chi connectivity index (χ0n) is 10.4. The summed E-state index contributed by atoms with van der Waals surface area (Å²) in [5, 5.41) is 7.79. The molecule has 1 aliphatic rings. The first kappa shape index (κ1) is 11.6. The molecule has 90 valence electrons. The zero-order chi connectivity index (χ0) is 11.5. The highest BCUT2D eigenvalue weighted by molar-refractivity contribution is 5.30. The van der Waals surface area contributed by atoms with E-state index in [9.17, 15) is 0 Å². The Bertz CT molecular complexity index is 353. The highest BCUT2D eigenvalue weighted by atomic mass is 16.5. The van der Waals surface area contributed by atoms with E-state index in [1.54, 1.807) is 0 Å². The largest absolute Gasteiger partial charge is 0.381 e. The van der Waals surface area contributed by atoms with Crippen LogP contribution in [0, 0.1) is 6.92 Å². The molecule has 0 spiro atoms. The number of aromatic nitrogens is 2. The molecule has 2 heterocycles. The van der Waals surface area contributed by atoms with Crippen LogP contribution in [0.1, 0.15) is 35.7 Å². The van der Waals surface area contributed by atoms with E-state index < -0.39 is 0 Å². The van der Waals surface area contributed by atoms with Crippen LogP contribution < -0.4 is 5.32 Å². The fourth-order valence-corrected chi connectivity index (χ4v) is 2.51. The van der Waals surface area contributed by atoms with Crippen molar-refractivity contribution in [2.45, 2.75) is 32.2 Å². The van der Waals surface area contributed by atoms with Gasteiger partial charge in [0.25, 0.3) is 0 Å². The van der Waals surface area contributed by atoms with E-state index in [1.165, 1.54) is 17.0 Å². The van der Waals surface area contributed by atoms with Gasteiger partial charge in [-0.25, -0.2) is 0 Å². The van der Waals surface area contributed by atoms with E-state index in [4.69, 9.17) is 4.74 Å². The van der Waals surface area contributed by atoms with Crippen molar-refractivity contribution < 1.29 is 4.74 Å². The van der Waals surface area contributed by atoms with Crippen LogP contribution in [0.5, 0.6) is 0 Å². The Labute approximate surface area is 97.0 Å². The molecule has 0 aromatic carbocycles. The van der Waals surface area contributed by atoms with Gasteiger partial charge in [-0.3, -0.25) is 4.68 Å². The van der Waals surface area contributed by atoms with Gasteiger partial charge in [-0.2, -0.15) is 5.10 Å². The standard InChI is InChI=1S/C12H21N3O/c1-9-12(10-4-6-16-7-5-10)11(8-13-2)14-15(9)3/h10,13H,4-8H2,1-3H3. The maximum Gasteiger partial charge on any atom is 0.0799 e. The molecule has 1 aromatic rings. The SMILES string of the molecule is CNCc1nn(C)c(C)c1C1CCOCC1. The average Bonchev–Trinajstić information content (AvgIpc) is 2.57. The van der Waals surface area contributed by atoms with Crippen LogP contribution in [0.4, 0.5) is 0 Å². The molecule has 4 nitrogen and oxygen atoms in total. The maximum absolute atomic E-state index is 5.42. The van der Waals surface area contributed by atoms with Gasteiger partial charge in [0.1, 0.15) is 0 Å². The molecule has 0 saturated carbocycles. The van der Waals surface area contributed by atoms with Gasteiger partial charge in [0, 0.05) is 38.1 Å². The first-order valence-corrected chi connectivity index (χ1v) is 5.98. The van der Waals surface area contributed by atoms with Crippen molar-refractivity contribution in [3.8, 4) is 0 Å². The molecule has 1 aliphatic heterocycles. The summed E-state index contributed by atoms with van der Waals surface area (Å²) >= 11 is 0. The second-order valence-corrected chi connectivity index (χ2v) is 4.49. The smallest absolute Gasteiger partial charge is 0.0799 e. The second kappa shape index (κ2) is 4.97. The summed E-state index contributed by atoms with van der Waals surface area (Å²) in [4.78, 5) is 0.